The van der Waals surface area contributed by atoms with E-state index in [0.717, 1.165) is 0 Å². The van der Waals surface area contributed by atoms with Gasteiger partial charge in [-0.3, -0.25) is 4.79 Å². The maximum absolute atomic E-state index is 11.9. The van der Waals surface area contributed by atoms with Crippen molar-refractivity contribution in [2.75, 3.05) is 0 Å². The molecule has 0 spiro atoms. The van der Waals surface area contributed by atoms with Crippen molar-refractivity contribution < 1.29 is 24.2 Å². The Morgan fingerprint density at radius 2 is 2.05 bits per heavy atom. The summed E-state index contributed by atoms with van der Waals surface area (Å²) >= 11 is 3.13. The first-order chi connectivity index (χ1) is 9.88. The van der Waals surface area contributed by atoms with Gasteiger partial charge in [0, 0.05) is 5.56 Å². The molecule has 2 aromatic rings. The van der Waals surface area contributed by atoms with Crippen LogP contribution in [0.25, 0.3) is 0 Å². The number of aromatic carboxylic acids is 1. The molecule has 0 aliphatic heterocycles. The Balaban J connectivity index is 2.05. The number of phenolic OH excluding ortho intramolecular Hbond substituents is 1. The van der Waals surface area contributed by atoms with Crippen LogP contribution in [0.1, 0.15) is 32.2 Å². The zero-order valence-electron chi connectivity index (χ0n) is 11.0. The molecule has 1 aromatic heterocycles. The van der Waals surface area contributed by atoms with Gasteiger partial charge in [0.1, 0.15) is 22.8 Å². The van der Waals surface area contributed by atoms with Crippen molar-refractivity contribution >= 4 is 27.8 Å². The molecule has 2 rings (SSSR count). The van der Waals surface area contributed by atoms with Crippen molar-refractivity contribution in [2.45, 2.75) is 13.5 Å². The molecule has 0 saturated heterocycles. The molecule has 0 bridgehead atoms. The van der Waals surface area contributed by atoms with Crippen LogP contribution in [0.3, 0.4) is 0 Å². The van der Waals surface area contributed by atoms with E-state index < -0.39 is 11.9 Å². The maximum atomic E-state index is 11.9. The summed E-state index contributed by atoms with van der Waals surface area (Å²) in [6.07, 6.45) is 0. The van der Waals surface area contributed by atoms with E-state index in [1.54, 1.807) is 19.1 Å². The fraction of sp³-hybridized carbons (Fsp3) is 0.143. The van der Waals surface area contributed by atoms with Crippen molar-refractivity contribution in [2.24, 2.45) is 0 Å². The molecule has 110 valence electrons. The van der Waals surface area contributed by atoms with Crippen LogP contribution in [0.5, 0.6) is 5.75 Å². The Morgan fingerprint density at radius 3 is 2.62 bits per heavy atom. The number of rotatable bonds is 4. The third-order valence-electron chi connectivity index (χ3n) is 2.83. The molecule has 7 heteroatoms. The lowest BCUT2D eigenvalue weighted by molar-refractivity contribution is 0.0694. The summed E-state index contributed by atoms with van der Waals surface area (Å²) in [6, 6.07) is 5.81. The highest BCUT2D eigenvalue weighted by Crippen LogP contribution is 2.24. The summed E-state index contributed by atoms with van der Waals surface area (Å²) in [5, 5.41) is 21.0. The van der Waals surface area contributed by atoms with Crippen molar-refractivity contribution in [3.8, 4) is 5.75 Å². The number of hydrogen-bond acceptors (Lipinski definition) is 4. The summed E-state index contributed by atoms with van der Waals surface area (Å²) in [6.45, 7) is 1.60. The van der Waals surface area contributed by atoms with E-state index in [0.29, 0.717) is 10.2 Å². The van der Waals surface area contributed by atoms with Gasteiger partial charge in [0.2, 0.25) is 0 Å². The second-order valence-electron chi connectivity index (χ2n) is 4.34. The molecular formula is C14H12BrNO5. The average Bonchev–Trinajstić information content (AvgIpc) is 2.80. The lowest BCUT2D eigenvalue weighted by atomic mass is 10.2. The summed E-state index contributed by atoms with van der Waals surface area (Å²) in [5.74, 6) is -0.882. The van der Waals surface area contributed by atoms with Crippen LogP contribution in [-0.4, -0.2) is 22.1 Å². The zero-order valence-corrected chi connectivity index (χ0v) is 12.6. The van der Waals surface area contributed by atoms with Crippen LogP contribution < -0.4 is 5.32 Å². The van der Waals surface area contributed by atoms with Gasteiger partial charge in [-0.15, -0.1) is 0 Å². The molecule has 0 fully saturated rings. The lowest BCUT2D eigenvalue weighted by Crippen LogP contribution is -2.22. The van der Waals surface area contributed by atoms with Crippen molar-refractivity contribution in [3.63, 3.8) is 0 Å². The van der Waals surface area contributed by atoms with Gasteiger partial charge in [-0.1, -0.05) is 0 Å². The monoisotopic (exact) mass is 353 g/mol. The SMILES string of the molecule is Cc1oc(CNC(=O)c2ccc(Br)c(O)c2)cc1C(=O)O. The highest BCUT2D eigenvalue weighted by Gasteiger charge is 2.14. The van der Waals surface area contributed by atoms with Crippen LogP contribution in [0.4, 0.5) is 0 Å². The summed E-state index contributed by atoms with van der Waals surface area (Å²) in [7, 11) is 0. The van der Waals surface area contributed by atoms with E-state index in [1.807, 2.05) is 0 Å². The molecule has 1 aromatic carbocycles. The van der Waals surface area contributed by atoms with Gasteiger partial charge >= 0.3 is 5.97 Å². The van der Waals surface area contributed by atoms with Gasteiger partial charge in [-0.2, -0.15) is 0 Å². The largest absolute Gasteiger partial charge is 0.507 e. The van der Waals surface area contributed by atoms with E-state index in [9.17, 15) is 14.7 Å². The Morgan fingerprint density at radius 1 is 1.33 bits per heavy atom. The number of aryl methyl sites for hydroxylation is 1. The van der Waals surface area contributed by atoms with Gasteiger partial charge in [0.15, 0.2) is 0 Å². The van der Waals surface area contributed by atoms with Gasteiger partial charge in [0.05, 0.1) is 11.0 Å². The Kier molecular flexibility index (Phi) is 4.32. The van der Waals surface area contributed by atoms with Gasteiger partial charge < -0.3 is 19.9 Å². The fourth-order valence-corrected chi connectivity index (χ4v) is 2.01. The minimum Gasteiger partial charge on any atom is -0.507 e. The third-order valence-corrected chi connectivity index (χ3v) is 3.50. The number of nitrogens with one attached hydrogen (secondary N) is 1. The standard InChI is InChI=1S/C14H12BrNO5/c1-7-10(14(19)20)5-9(21-7)6-16-13(18)8-2-3-11(15)12(17)4-8/h2-5,17H,6H2,1H3,(H,16,18)(H,19,20). The molecule has 1 amide bonds. The number of carboxylic acid groups (broad SMARTS) is 1. The van der Waals surface area contributed by atoms with E-state index in [1.165, 1.54) is 12.1 Å². The predicted octanol–water partition coefficient (Wildman–Crippen LogP) is 2.68. The molecule has 3 N–H and O–H groups in total. The second-order valence-corrected chi connectivity index (χ2v) is 5.19. The number of carbonyl (C=O) groups is 2. The van der Waals surface area contributed by atoms with Gasteiger partial charge in [-0.25, -0.2) is 4.79 Å². The normalized spacial score (nSPS) is 10.4. The van der Waals surface area contributed by atoms with Crippen molar-refractivity contribution in [1.82, 2.24) is 5.32 Å². The lowest BCUT2D eigenvalue weighted by Gasteiger charge is -2.04. The maximum Gasteiger partial charge on any atom is 0.339 e. The van der Waals surface area contributed by atoms with E-state index in [4.69, 9.17) is 9.52 Å². The molecule has 6 nitrogen and oxygen atoms in total. The molecule has 1 heterocycles. The molecule has 0 radical (unpaired) electrons. The molecule has 0 aliphatic carbocycles. The van der Waals surface area contributed by atoms with E-state index >= 15 is 0 Å². The number of carbonyl (C=O) groups excluding carboxylic acids is 1. The predicted molar refractivity (Wildman–Crippen MR) is 77.4 cm³/mol. The molecular weight excluding hydrogens is 342 g/mol. The second kappa shape index (κ2) is 6.01. The highest BCUT2D eigenvalue weighted by atomic mass is 79.9. The topological polar surface area (TPSA) is 99.8 Å². The van der Waals surface area contributed by atoms with Crippen molar-refractivity contribution in [1.29, 1.82) is 0 Å². The Hall–Kier alpha value is -2.28. The number of carboxylic acids is 1. The highest BCUT2D eigenvalue weighted by molar-refractivity contribution is 9.10. The van der Waals surface area contributed by atoms with Crippen LogP contribution >= 0.6 is 15.9 Å². The number of furan rings is 1. The van der Waals surface area contributed by atoms with Gasteiger partial charge in [0.25, 0.3) is 5.91 Å². The first-order valence-corrected chi connectivity index (χ1v) is 6.77. The van der Waals surface area contributed by atoms with E-state index in [2.05, 4.69) is 21.2 Å². The number of aromatic hydroxyl groups is 1. The number of hydrogen-bond donors (Lipinski definition) is 3. The quantitative estimate of drug-likeness (QED) is 0.784. The number of amides is 1. The van der Waals surface area contributed by atoms with Gasteiger partial charge in [-0.05, 0) is 47.1 Å². The Bertz CT molecular complexity index is 707. The van der Waals surface area contributed by atoms with Crippen molar-refractivity contribution in [3.05, 3.63) is 51.4 Å². The first-order valence-electron chi connectivity index (χ1n) is 5.98. The number of halogens is 1. The summed E-state index contributed by atoms with van der Waals surface area (Å²) in [4.78, 5) is 22.8. The summed E-state index contributed by atoms with van der Waals surface area (Å²) in [5.41, 5.74) is 0.359. The first kappa shape index (κ1) is 15.1. The summed E-state index contributed by atoms with van der Waals surface area (Å²) < 4.78 is 5.75. The van der Waals surface area contributed by atoms with Crippen LogP contribution in [0, 0.1) is 6.92 Å². The van der Waals surface area contributed by atoms with Crippen LogP contribution in [0.2, 0.25) is 0 Å². The molecule has 0 aliphatic rings. The minimum atomic E-state index is -1.08. The minimum absolute atomic E-state index is 0.0374. The van der Waals surface area contributed by atoms with E-state index in [-0.39, 0.29) is 29.2 Å². The fourth-order valence-electron chi connectivity index (χ4n) is 1.77. The average molecular weight is 354 g/mol. The smallest absolute Gasteiger partial charge is 0.339 e. The number of benzene rings is 1. The molecule has 0 unspecified atom stereocenters. The number of phenols is 1. The molecule has 0 saturated carbocycles. The van der Waals surface area contributed by atoms with Crippen LogP contribution in [-0.2, 0) is 6.54 Å². The Labute approximate surface area is 128 Å². The van der Waals surface area contributed by atoms with Crippen LogP contribution in [0.15, 0.2) is 33.2 Å². The third kappa shape index (κ3) is 3.43. The zero-order chi connectivity index (χ0) is 15.6. The molecule has 0 atom stereocenters. The molecule has 21 heavy (non-hydrogen) atoms.